The SMILES string of the molecule is CCOC(=O)CCN(Cc1ccco1)S(=O)(=O)c1ccsc1C(=O)OC. The number of ether oxygens (including phenoxy) is 2. The Balaban J connectivity index is 2.31. The number of methoxy groups -OCH3 is 1. The van der Waals surface area contributed by atoms with Crippen LogP contribution < -0.4 is 0 Å². The molecule has 0 aliphatic rings. The molecular weight excluding hydrogens is 382 g/mol. The maximum atomic E-state index is 13.1. The molecule has 2 aromatic heterocycles. The molecule has 26 heavy (non-hydrogen) atoms. The van der Waals surface area contributed by atoms with E-state index in [0.29, 0.717) is 5.76 Å². The highest BCUT2D eigenvalue weighted by Crippen LogP contribution is 2.27. The van der Waals surface area contributed by atoms with Crippen LogP contribution >= 0.6 is 11.3 Å². The molecule has 8 nitrogen and oxygen atoms in total. The minimum atomic E-state index is -4.06. The third-order valence-electron chi connectivity index (χ3n) is 3.40. The van der Waals surface area contributed by atoms with Gasteiger partial charge in [0.15, 0.2) is 0 Å². The van der Waals surface area contributed by atoms with E-state index in [9.17, 15) is 18.0 Å². The third kappa shape index (κ3) is 4.71. The average Bonchev–Trinajstić information content (AvgIpc) is 3.29. The van der Waals surface area contributed by atoms with Crippen molar-refractivity contribution >= 4 is 33.3 Å². The second-order valence-corrected chi connectivity index (χ2v) is 7.90. The van der Waals surface area contributed by atoms with Gasteiger partial charge in [0.2, 0.25) is 10.0 Å². The fraction of sp³-hybridized carbons (Fsp3) is 0.375. The molecular formula is C16H19NO7S2. The Morgan fingerprint density at radius 1 is 1.31 bits per heavy atom. The Bertz CT molecular complexity index is 840. The minimum Gasteiger partial charge on any atom is -0.468 e. The van der Waals surface area contributed by atoms with Crippen molar-refractivity contribution in [3.8, 4) is 0 Å². The molecule has 0 aliphatic heterocycles. The standard InChI is InChI=1S/C16H19NO7S2/c1-3-23-14(18)6-8-17(11-12-5-4-9-24-12)26(20,21)13-7-10-25-15(13)16(19)22-2/h4-5,7,9-10H,3,6,8,11H2,1-2H3. The van der Waals surface area contributed by atoms with Gasteiger partial charge in [-0.25, -0.2) is 13.2 Å². The number of hydrogen-bond acceptors (Lipinski definition) is 8. The van der Waals surface area contributed by atoms with Crippen molar-refractivity contribution in [2.75, 3.05) is 20.3 Å². The highest BCUT2D eigenvalue weighted by molar-refractivity contribution is 7.89. The van der Waals surface area contributed by atoms with E-state index in [-0.39, 0.29) is 35.9 Å². The van der Waals surface area contributed by atoms with Gasteiger partial charge >= 0.3 is 11.9 Å². The van der Waals surface area contributed by atoms with E-state index >= 15 is 0 Å². The van der Waals surface area contributed by atoms with Crippen molar-refractivity contribution in [1.29, 1.82) is 0 Å². The van der Waals surface area contributed by atoms with Crippen LogP contribution in [0.1, 0.15) is 28.8 Å². The molecule has 142 valence electrons. The summed E-state index contributed by atoms with van der Waals surface area (Å²) in [6, 6.07) is 4.60. The summed E-state index contributed by atoms with van der Waals surface area (Å²) >= 11 is 0.972. The zero-order chi connectivity index (χ0) is 19.2. The Morgan fingerprint density at radius 2 is 2.08 bits per heavy atom. The summed E-state index contributed by atoms with van der Waals surface area (Å²) in [6.07, 6.45) is 1.31. The van der Waals surface area contributed by atoms with Gasteiger partial charge in [-0.3, -0.25) is 4.79 Å². The van der Waals surface area contributed by atoms with Gasteiger partial charge in [-0.1, -0.05) is 0 Å². The van der Waals surface area contributed by atoms with Gasteiger partial charge in [0.1, 0.15) is 15.5 Å². The molecule has 0 spiro atoms. The number of carbonyl (C=O) groups excluding carboxylic acids is 2. The molecule has 2 heterocycles. The van der Waals surface area contributed by atoms with Crippen LogP contribution in [-0.4, -0.2) is 44.9 Å². The molecule has 0 aliphatic carbocycles. The molecule has 0 saturated carbocycles. The molecule has 0 unspecified atom stereocenters. The van der Waals surface area contributed by atoms with Crippen molar-refractivity contribution in [3.63, 3.8) is 0 Å². The Kier molecular flexibility index (Phi) is 6.95. The first-order valence-electron chi connectivity index (χ1n) is 7.74. The zero-order valence-corrected chi connectivity index (χ0v) is 16.0. The molecule has 2 rings (SSSR count). The van der Waals surface area contributed by atoms with Crippen LogP contribution in [0.15, 0.2) is 39.2 Å². The molecule has 0 fully saturated rings. The Labute approximate surface area is 155 Å². The van der Waals surface area contributed by atoms with Gasteiger partial charge < -0.3 is 13.9 Å². The smallest absolute Gasteiger partial charge is 0.349 e. The number of esters is 2. The predicted octanol–water partition coefficient (Wildman–Crippen LogP) is 2.27. The number of sulfonamides is 1. The van der Waals surface area contributed by atoms with E-state index in [0.717, 1.165) is 15.6 Å². The van der Waals surface area contributed by atoms with E-state index in [4.69, 9.17) is 9.15 Å². The lowest BCUT2D eigenvalue weighted by atomic mass is 10.4. The Morgan fingerprint density at radius 3 is 2.69 bits per heavy atom. The molecule has 0 radical (unpaired) electrons. The molecule has 0 bridgehead atoms. The van der Waals surface area contributed by atoms with Crippen molar-refractivity contribution in [1.82, 2.24) is 4.31 Å². The molecule has 0 aromatic carbocycles. The molecule has 0 amide bonds. The van der Waals surface area contributed by atoms with E-state index in [1.54, 1.807) is 19.1 Å². The number of rotatable bonds is 9. The molecule has 0 N–H and O–H groups in total. The number of hydrogen-bond donors (Lipinski definition) is 0. The first-order chi connectivity index (χ1) is 12.4. The maximum absolute atomic E-state index is 13.1. The lowest BCUT2D eigenvalue weighted by Gasteiger charge is -2.21. The van der Waals surface area contributed by atoms with Gasteiger partial charge in [-0.15, -0.1) is 11.3 Å². The monoisotopic (exact) mass is 401 g/mol. The number of thiophene rings is 1. The highest BCUT2D eigenvalue weighted by atomic mass is 32.2. The third-order valence-corrected chi connectivity index (χ3v) is 6.31. The lowest BCUT2D eigenvalue weighted by Crippen LogP contribution is -2.33. The van der Waals surface area contributed by atoms with Crippen LogP contribution in [-0.2, 0) is 30.8 Å². The van der Waals surface area contributed by atoms with Gasteiger partial charge in [-0.2, -0.15) is 4.31 Å². The normalized spacial score (nSPS) is 11.5. The highest BCUT2D eigenvalue weighted by Gasteiger charge is 2.31. The summed E-state index contributed by atoms with van der Waals surface area (Å²) in [5.74, 6) is -0.833. The van der Waals surface area contributed by atoms with Gasteiger partial charge in [0.25, 0.3) is 0 Å². The largest absolute Gasteiger partial charge is 0.468 e. The maximum Gasteiger partial charge on any atom is 0.349 e. The Hall–Kier alpha value is -2.17. The first-order valence-corrected chi connectivity index (χ1v) is 10.1. The number of nitrogens with zero attached hydrogens (tertiary/aromatic N) is 1. The van der Waals surface area contributed by atoms with Gasteiger partial charge in [0.05, 0.1) is 32.9 Å². The summed E-state index contributed by atoms with van der Waals surface area (Å²) in [7, 11) is -2.87. The molecule has 0 saturated heterocycles. The fourth-order valence-electron chi connectivity index (χ4n) is 2.19. The number of furan rings is 1. The first kappa shape index (κ1) is 20.1. The second kappa shape index (κ2) is 8.97. The van der Waals surface area contributed by atoms with E-state index < -0.39 is 22.0 Å². The fourth-order valence-corrected chi connectivity index (χ4v) is 4.91. The summed E-state index contributed by atoms with van der Waals surface area (Å²) in [4.78, 5) is 23.3. The lowest BCUT2D eigenvalue weighted by molar-refractivity contribution is -0.143. The molecule has 10 heteroatoms. The van der Waals surface area contributed by atoms with Crippen LogP contribution in [0.4, 0.5) is 0 Å². The average molecular weight is 401 g/mol. The van der Waals surface area contributed by atoms with Crippen molar-refractivity contribution in [3.05, 3.63) is 40.5 Å². The van der Waals surface area contributed by atoms with Gasteiger partial charge in [-0.05, 0) is 30.5 Å². The summed E-state index contributed by atoms with van der Waals surface area (Å²) in [5.41, 5.74) is 0. The van der Waals surface area contributed by atoms with E-state index in [1.807, 2.05) is 0 Å². The van der Waals surface area contributed by atoms with Crippen LogP contribution in [0.3, 0.4) is 0 Å². The van der Waals surface area contributed by atoms with Crippen molar-refractivity contribution in [2.45, 2.75) is 24.8 Å². The van der Waals surface area contributed by atoms with Crippen LogP contribution in [0.25, 0.3) is 0 Å². The summed E-state index contributed by atoms with van der Waals surface area (Å²) in [5, 5.41) is 1.50. The second-order valence-electron chi connectivity index (χ2n) is 5.08. The minimum absolute atomic E-state index is 0.0203. The molecule has 0 atom stereocenters. The zero-order valence-electron chi connectivity index (χ0n) is 14.3. The van der Waals surface area contributed by atoms with E-state index in [2.05, 4.69) is 4.74 Å². The van der Waals surface area contributed by atoms with Crippen LogP contribution in [0.2, 0.25) is 0 Å². The molecule has 2 aromatic rings. The quantitative estimate of drug-likeness (QED) is 0.594. The van der Waals surface area contributed by atoms with Crippen LogP contribution in [0.5, 0.6) is 0 Å². The van der Waals surface area contributed by atoms with E-state index in [1.165, 1.54) is 24.8 Å². The van der Waals surface area contributed by atoms with Crippen LogP contribution in [0, 0.1) is 0 Å². The topological polar surface area (TPSA) is 103 Å². The van der Waals surface area contributed by atoms with Gasteiger partial charge in [0, 0.05) is 6.54 Å². The van der Waals surface area contributed by atoms with Crippen molar-refractivity contribution in [2.24, 2.45) is 0 Å². The summed E-state index contributed by atoms with van der Waals surface area (Å²) < 4.78 is 41.9. The van der Waals surface area contributed by atoms with Crippen molar-refractivity contribution < 1.29 is 31.9 Å². The number of carbonyl (C=O) groups is 2. The predicted molar refractivity (Wildman–Crippen MR) is 93.2 cm³/mol. The summed E-state index contributed by atoms with van der Waals surface area (Å²) in [6.45, 7) is 1.69.